The lowest BCUT2D eigenvalue weighted by molar-refractivity contribution is -0.121. The third-order valence-electron chi connectivity index (χ3n) is 2.66. The van der Waals surface area contributed by atoms with Crippen molar-refractivity contribution < 1.29 is 18.7 Å². The van der Waals surface area contributed by atoms with Crippen LogP contribution < -0.4 is 16.4 Å². The standard InChI is InChI=1S/C14H20FN3O3/c1-8(2)18-13(19)4-5-17-12-6-9(14(20)21-3)11(16)7-10(12)15/h6-8,17H,4-5,16H2,1-3H3,(H,18,19). The molecule has 0 aromatic heterocycles. The molecule has 0 unspecified atom stereocenters. The van der Waals surface area contributed by atoms with Crippen LogP contribution in [-0.4, -0.2) is 31.6 Å². The minimum Gasteiger partial charge on any atom is -0.465 e. The number of hydrogen-bond acceptors (Lipinski definition) is 5. The molecule has 1 aromatic carbocycles. The van der Waals surface area contributed by atoms with E-state index in [2.05, 4.69) is 15.4 Å². The highest BCUT2D eigenvalue weighted by molar-refractivity contribution is 5.96. The molecule has 1 rings (SSSR count). The van der Waals surface area contributed by atoms with Gasteiger partial charge in [0.1, 0.15) is 5.82 Å². The topological polar surface area (TPSA) is 93.4 Å². The lowest BCUT2D eigenvalue weighted by Gasteiger charge is -2.12. The third kappa shape index (κ3) is 4.94. The van der Waals surface area contributed by atoms with E-state index in [1.54, 1.807) is 0 Å². The van der Waals surface area contributed by atoms with Gasteiger partial charge in [-0.2, -0.15) is 0 Å². The number of nitrogen functional groups attached to an aromatic ring is 1. The van der Waals surface area contributed by atoms with Crippen molar-refractivity contribution in [3.8, 4) is 0 Å². The fraction of sp³-hybridized carbons (Fsp3) is 0.429. The van der Waals surface area contributed by atoms with E-state index in [9.17, 15) is 14.0 Å². The lowest BCUT2D eigenvalue weighted by atomic mass is 10.1. The maximum Gasteiger partial charge on any atom is 0.340 e. The van der Waals surface area contributed by atoms with E-state index in [1.165, 1.54) is 13.2 Å². The quantitative estimate of drug-likeness (QED) is 0.547. The Balaban J connectivity index is 2.71. The minimum atomic E-state index is -0.645. The summed E-state index contributed by atoms with van der Waals surface area (Å²) in [5, 5.41) is 5.49. The third-order valence-corrected chi connectivity index (χ3v) is 2.66. The van der Waals surface area contributed by atoms with Crippen molar-refractivity contribution in [1.82, 2.24) is 5.32 Å². The molecule has 0 radical (unpaired) electrons. The van der Waals surface area contributed by atoms with Crippen LogP contribution in [0.25, 0.3) is 0 Å². The number of esters is 1. The molecule has 1 aromatic rings. The summed E-state index contributed by atoms with van der Waals surface area (Å²) < 4.78 is 18.3. The normalized spacial score (nSPS) is 10.3. The van der Waals surface area contributed by atoms with Gasteiger partial charge < -0.3 is 21.1 Å². The van der Waals surface area contributed by atoms with Crippen LogP contribution >= 0.6 is 0 Å². The summed E-state index contributed by atoms with van der Waals surface area (Å²) in [7, 11) is 1.22. The predicted molar refractivity (Wildman–Crippen MR) is 78.5 cm³/mol. The molecule has 0 saturated carbocycles. The van der Waals surface area contributed by atoms with Crippen LogP contribution in [0.1, 0.15) is 30.6 Å². The van der Waals surface area contributed by atoms with Crippen LogP contribution in [0.2, 0.25) is 0 Å². The Hall–Kier alpha value is -2.31. The van der Waals surface area contributed by atoms with E-state index < -0.39 is 11.8 Å². The number of carbonyl (C=O) groups is 2. The number of benzene rings is 1. The van der Waals surface area contributed by atoms with Gasteiger partial charge in [0.05, 0.1) is 18.4 Å². The predicted octanol–water partition coefficient (Wildman–Crippen LogP) is 1.52. The first-order valence-corrected chi connectivity index (χ1v) is 6.55. The summed E-state index contributed by atoms with van der Waals surface area (Å²) in [4.78, 5) is 22.9. The molecule has 0 aliphatic rings. The number of nitrogens with two attached hydrogens (primary N) is 1. The number of carbonyl (C=O) groups excluding carboxylic acids is 2. The molecular formula is C14H20FN3O3. The van der Waals surface area contributed by atoms with E-state index in [4.69, 9.17) is 5.73 Å². The number of anilines is 2. The van der Waals surface area contributed by atoms with Gasteiger partial charge in [-0.25, -0.2) is 9.18 Å². The highest BCUT2D eigenvalue weighted by Crippen LogP contribution is 2.22. The Morgan fingerprint density at radius 1 is 1.38 bits per heavy atom. The fourth-order valence-corrected chi connectivity index (χ4v) is 1.72. The van der Waals surface area contributed by atoms with Crippen molar-refractivity contribution in [3.05, 3.63) is 23.5 Å². The molecule has 116 valence electrons. The first-order valence-electron chi connectivity index (χ1n) is 6.55. The van der Waals surface area contributed by atoms with Gasteiger partial charge in [-0.3, -0.25) is 4.79 Å². The molecular weight excluding hydrogens is 277 g/mol. The number of nitrogens with one attached hydrogen (secondary N) is 2. The Kier molecular flexibility index (Phi) is 5.95. The van der Waals surface area contributed by atoms with E-state index in [0.717, 1.165) is 6.07 Å². The second kappa shape index (κ2) is 7.47. The van der Waals surface area contributed by atoms with E-state index in [-0.39, 0.29) is 41.9 Å². The average molecular weight is 297 g/mol. The highest BCUT2D eigenvalue weighted by Gasteiger charge is 2.14. The first-order chi connectivity index (χ1) is 9.85. The van der Waals surface area contributed by atoms with Crippen molar-refractivity contribution >= 4 is 23.3 Å². The largest absolute Gasteiger partial charge is 0.465 e. The molecule has 6 nitrogen and oxygen atoms in total. The van der Waals surface area contributed by atoms with E-state index in [1.807, 2.05) is 13.8 Å². The van der Waals surface area contributed by atoms with Gasteiger partial charge >= 0.3 is 5.97 Å². The molecule has 0 spiro atoms. The van der Waals surface area contributed by atoms with Crippen LogP contribution in [-0.2, 0) is 9.53 Å². The summed E-state index contributed by atoms with van der Waals surface area (Å²) in [6.07, 6.45) is 0.190. The van der Waals surface area contributed by atoms with E-state index in [0.29, 0.717) is 0 Å². The first kappa shape index (κ1) is 16.7. The molecule has 0 atom stereocenters. The smallest absolute Gasteiger partial charge is 0.340 e. The summed E-state index contributed by atoms with van der Waals surface area (Å²) in [6, 6.07) is 2.37. The second-order valence-corrected chi connectivity index (χ2v) is 4.81. The number of ether oxygens (including phenoxy) is 1. The molecule has 0 fully saturated rings. The fourth-order valence-electron chi connectivity index (χ4n) is 1.72. The average Bonchev–Trinajstić information content (AvgIpc) is 2.39. The van der Waals surface area contributed by atoms with Crippen LogP contribution in [0.3, 0.4) is 0 Å². The number of methoxy groups -OCH3 is 1. The van der Waals surface area contributed by atoms with Crippen LogP contribution in [0.4, 0.5) is 15.8 Å². The summed E-state index contributed by atoms with van der Waals surface area (Å²) in [5.74, 6) is -1.38. The van der Waals surface area contributed by atoms with Crippen LogP contribution in [0.5, 0.6) is 0 Å². The molecule has 7 heteroatoms. The lowest BCUT2D eigenvalue weighted by Crippen LogP contribution is -2.31. The number of amides is 1. The number of halogens is 1. The van der Waals surface area contributed by atoms with Gasteiger partial charge in [0.15, 0.2) is 0 Å². The van der Waals surface area contributed by atoms with Crippen LogP contribution in [0, 0.1) is 5.82 Å². The molecule has 4 N–H and O–H groups in total. The maximum atomic E-state index is 13.7. The van der Waals surface area contributed by atoms with Gasteiger partial charge in [0.25, 0.3) is 0 Å². The summed E-state index contributed by atoms with van der Waals surface area (Å²) >= 11 is 0. The van der Waals surface area contributed by atoms with Crippen LogP contribution in [0.15, 0.2) is 12.1 Å². The molecule has 0 aliphatic heterocycles. The number of rotatable bonds is 6. The van der Waals surface area contributed by atoms with Crippen molar-refractivity contribution in [2.45, 2.75) is 26.3 Å². The molecule has 0 heterocycles. The molecule has 21 heavy (non-hydrogen) atoms. The van der Waals surface area contributed by atoms with E-state index >= 15 is 0 Å². The maximum absolute atomic E-state index is 13.7. The summed E-state index contributed by atoms with van der Waals surface area (Å²) in [6.45, 7) is 3.95. The molecule has 0 bridgehead atoms. The highest BCUT2D eigenvalue weighted by atomic mass is 19.1. The Morgan fingerprint density at radius 3 is 2.62 bits per heavy atom. The van der Waals surface area contributed by atoms with Gasteiger partial charge in [-0.15, -0.1) is 0 Å². The van der Waals surface area contributed by atoms with Crippen molar-refractivity contribution in [1.29, 1.82) is 0 Å². The second-order valence-electron chi connectivity index (χ2n) is 4.81. The zero-order chi connectivity index (χ0) is 16.0. The van der Waals surface area contributed by atoms with Gasteiger partial charge in [-0.05, 0) is 26.0 Å². The summed E-state index contributed by atoms with van der Waals surface area (Å²) in [5.41, 5.74) is 5.74. The molecule has 0 saturated heterocycles. The Morgan fingerprint density at radius 2 is 2.05 bits per heavy atom. The zero-order valence-corrected chi connectivity index (χ0v) is 12.3. The number of hydrogen-bond donors (Lipinski definition) is 3. The SMILES string of the molecule is COC(=O)c1cc(NCCC(=O)NC(C)C)c(F)cc1N. The molecule has 1 amide bonds. The van der Waals surface area contributed by atoms with Crippen molar-refractivity contribution in [2.75, 3.05) is 24.7 Å². The van der Waals surface area contributed by atoms with Crippen molar-refractivity contribution in [3.63, 3.8) is 0 Å². The van der Waals surface area contributed by atoms with Gasteiger partial charge in [-0.1, -0.05) is 0 Å². The zero-order valence-electron chi connectivity index (χ0n) is 12.3. The van der Waals surface area contributed by atoms with Gasteiger partial charge in [0, 0.05) is 24.7 Å². The van der Waals surface area contributed by atoms with Crippen molar-refractivity contribution in [2.24, 2.45) is 0 Å². The van der Waals surface area contributed by atoms with Gasteiger partial charge in [0.2, 0.25) is 5.91 Å². The monoisotopic (exact) mass is 297 g/mol. The Bertz CT molecular complexity index is 532. The Labute approximate surface area is 122 Å². The molecule has 0 aliphatic carbocycles. The minimum absolute atomic E-state index is 0.00227.